The largest absolute Gasteiger partial charge is 0.337 e. The van der Waals surface area contributed by atoms with Crippen LogP contribution >= 0.6 is 11.3 Å². The highest BCUT2D eigenvalue weighted by molar-refractivity contribution is 7.17. The number of aryl methyl sites for hydroxylation is 1. The molecule has 2 heterocycles. The molecule has 21 heavy (non-hydrogen) atoms. The van der Waals surface area contributed by atoms with Gasteiger partial charge in [-0.2, -0.15) is 0 Å². The van der Waals surface area contributed by atoms with Crippen LogP contribution in [0.25, 0.3) is 15.8 Å². The molecular weight excluding hydrogens is 274 g/mol. The summed E-state index contributed by atoms with van der Waals surface area (Å²) in [5.41, 5.74) is 6.55. The molecule has 1 nitrogen and oxygen atoms in total. The maximum absolute atomic E-state index is 4.33. The fourth-order valence-corrected chi connectivity index (χ4v) is 4.00. The first-order valence-electron chi connectivity index (χ1n) is 7.33. The molecule has 104 valence electrons. The molecule has 0 amide bonds. The van der Waals surface area contributed by atoms with Crippen LogP contribution in [0.4, 0.5) is 5.69 Å². The van der Waals surface area contributed by atoms with E-state index in [0.29, 0.717) is 0 Å². The Morgan fingerprint density at radius 2 is 2.10 bits per heavy atom. The van der Waals surface area contributed by atoms with Crippen molar-refractivity contribution < 1.29 is 0 Å². The topological polar surface area (TPSA) is 3.24 Å². The predicted molar refractivity (Wildman–Crippen MR) is 92.9 cm³/mol. The van der Waals surface area contributed by atoms with Gasteiger partial charge in [0, 0.05) is 28.2 Å². The molecule has 0 radical (unpaired) electrons. The molecule has 0 bridgehead atoms. The molecule has 3 aromatic rings. The molecule has 0 atom stereocenters. The summed E-state index contributed by atoms with van der Waals surface area (Å²) in [6.07, 6.45) is 1.08. The molecule has 2 aromatic carbocycles. The Hall–Kier alpha value is -2.06. The van der Waals surface area contributed by atoms with Gasteiger partial charge in [-0.05, 0) is 46.5 Å². The molecule has 2 heteroatoms. The highest BCUT2D eigenvalue weighted by atomic mass is 32.1. The Labute approximate surface area is 129 Å². The maximum atomic E-state index is 4.33. The first-order chi connectivity index (χ1) is 10.3. The summed E-state index contributed by atoms with van der Waals surface area (Å²) in [7, 11) is 0. The zero-order chi connectivity index (χ0) is 14.4. The summed E-state index contributed by atoms with van der Waals surface area (Å²) in [6.45, 7) is 7.49. The van der Waals surface area contributed by atoms with E-state index in [2.05, 4.69) is 66.2 Å². The van der Waals surface area contributed by atoms with E-state index in [4.69, 9.17) is 0 Å². The fraction of sp³-hybridized carbons (Fsp3) is 0.158. The van der Waals surface area contributed by atoms with Crippen molar-refractivity contribution in [1.29, 1.82) is 0 Å². The lowest BCUT2D eigenvalue weighted by molar-refractivity contribution is 0.999. The molecule has 0 fully saturated rings. The molecule has 1 aromatic heterocycles. The van der Waals surface area contributed by atoms with Gasteiger partial charge in [-0.25, -0.2) is 0 Å². The molecule has 0 unspecified atom stereocenters. The quantitative estimate of drug-likeness (QED) is 0.606. The SMILES string of the molecule is C=C1c2cccc(CC)c2CN1c1ccc2ccsc2c1. The monoisotopic (exact) mass is 291 g/mol. The molecule has 1 aliphatic rings. The lowest BCUT2D eigenvalue weighted by Crippen LogP contribution is -2.13. The second-order valence-corrected chi connectivity index (χ2v) is 6.42. The zero-order valence-corrected chi connectivity index (χ0v) is 12.9. The smallest absolute Gasteiger partial charge is 0.0491 e. The molecule has 4 rings (SSSR count). The van der Waals surface area contributed by atoms with Crippen LogP contribution in [0.15, 0.2) is 54.4 Å². The van der Waals surface area contributed by atoms with E-state index in [-0.39, 0.29) is 0 Å². The number of hydrogen-bond acceptors (Lipinski definition) is 2. The van der Waals surface area contributed by atoms with E-state index in [1.54, 1.807) is 11.3 Å². The average Bonchev–Trinajstić information content (AvgIpc) is 3.11. The van der Waals surface area contributed by atoms with E-state index in [1.165, 1.54) is 32.5 Å². The van der Waals surface area contributed by atoms with Crippen molar-refractivity contribution in [2.24, 2.45) is 0 Å². The first-order valence-corrected chi connectivity index (χ1v) is 8.20. The van der Waals surface area contributed by atoms with Crippen LogP contribution in [0.1, 0.15) is 23.6 Å². The van der Waals surface area contributed by atoms with Crippen molar-refractivity contribution in [3.63, 3.8) is 0 Å². The standard InChI is InChI=1S/C19H17NS/c1-3-14-5-4-6-17-13(2)20(12-18(14)17)16-8-7-15-9-10-21-19(15)11-16/h4-11H,2-3,12H2,1H3. The zero-order valence-electron chi connectivity index (χ0n) is 12.1. The van der Waals surface area contributed by atoms with Gasteiger partial charge in [0.2, 0.25) is 0 Å². The predicted octanol–water partition coefficient (Wildman–Crippen LogP) is 5.45. The van der Waals surface area contributed by atoms with E-state index in [1.807, 2.05) is 0 Å². The minimum Gasteiger partial charge on any atom is -0.337 e. The second kappa shape index (κ2) is 4.74. The van der Waals surface area contributed by atoms with Gasteiger partial charge in [0.05, 0.1) is 0 Å². The Morgan fingerprint density at radius 1 is 1.19 bits per heavy atom. The number of hydrogen-bond donors (Lipinski definition) is 0. The highest BCUT2D eigenvalue weighted by Gasteiger charge is 2.25. The Balaban J connectivity index is 1.79. The third-order valence-electron chi connectivity index (χ3n) is 4.36. The highest BCUT2D eigenvalue weighted by Crippen LogP contribution is 2.38. The van der Waals surface area contributed by atoms with E-state index in [9.17, 15) is 0 Å². The van der Waals surface area contributed by atoms with Crippen molar-refractivity contribution in [1.82, 2.24) is 0 Å². The van der Waals surface area contributed by atoms with Gasteiger partial charge in [-0.15, -0.1) is 11.3 Å². The summed E-state index contributed by atoms with van der Waals surface area (Å²) in [4.78, 5) is 2.34. The third kappa shape index (κ3) is 1.90. The molecule has 0 spiro atoms. The van der Waals surface area contributed by atoms with Crippen LogP contribution < -0.4 is 4.90 Å². The van der Waals surface area contributed by atoms with Gasteiger partial charge in [-0.1, -0.05) is 37.8 Å². The number of thiophene rings is 1. The van der Waals surface area contributed by atoms with Crippen molar-refractivity contribution >= 4 is 32.8 Å². The number of nitrogens with zero attached hydrogens (tertiary/aromatic N) is 1. The summed E-state index contributed by atoms with van der Waals surface area (Å²) in [5, 5.41) is 3.47. The molecule has 0 saturated carbocycles. The molecule has 0 aliphatic carbocycles. The number of benzene rings is 2. The molecule has 1 aliphatic heterocycles. The van der Waals surface area contributed by atoms with E-state index >= 15 is 0 Å². The maximum Gasteiger partial charge on any atom is 0.0491 e. The van der Waals surface area contributed by atoms with Crippen LogP contribution in [0.2, 0.25) is 0 Å². The number of rotatable bonds is 2. The summed E-state index contributed by atoms with van der Waals surface area (Å²) in [6, 6.07) is 15.4. The van der Waals surface area contributed by atoms with Gasteiger partial charge in [0.15, 0.2) is 0 Å². The molecular formula is C19H17NS. The van der Waals surface area contributed by atoms with Crippen LogP contribution in [0.3, 0.4) is 0 Å². The molecule has 0 saturated heterocycles. The first kappa shape index (κ1) is 12.7. The van der Waals surface area contributed by atoms with Crippen molar-refractivity contribution in [3.8, 4) is 0 Å². The van der Waals surface area contributed by atoms with Crippen molar-refractivity contribution in [2.45, 2.75) is 19.9 Å². The van der Waals surface area contributed by atoms with Gasteiger partial charge in [-0.3, -0.25) is 0 Å². The summed E-state index contributed by atoms with van der Waals surface area (Å²) < 4.78 is 1.34. The normalized spacial score (nSPS) is 14.0. The van der Waals surface area contributed by atoms with Crippen molar-refractivity contribution in [2.75, 3.05) is 4.90 Å². The summed E-state index contributed by atoms with van der Waals surface area (Å²) in [5.74, 6) is 0. The van der Waals surface area contributed by atoms with Crippen LogP contribution in [0, 0.1) is 0 Å². The number of fused-ring (bicyclic) bond motifs is 2. The van der Waals surface area contributed by atoms with Gasteiger partial charge in [0.25, 0.3) is 0 Å². The van der Waals surface area contributed by atoms with E-state index in [0.717, 1.165) is 18.7 Å². The Morgan fingerprint density at radius 3 is 2.95 bits per heavy atom. The Kier molecular flexibility index (Phi) is 2.86. The van der Waals surface area contributed by atoms with Gasteiger partial charge >= 0.3 is 0 Å². The van der Waals surface area contributed by atoms with Crippen LogP contribution in [-0.4, -0.2) is 0 Å². The minimum atomic E-state index is 0.940. The second-order valence-electron chi connectivity index (χ2n) is 5.47. The Bertz CT molecular complexity index is 844. The lowest BCUT2D eigenvalue weighted by atomic mass is 10.0. The average molecular weight is 291 g/mol. The third-order valence-corrected chi connectivity index (χ3v) is 5.24. The number of anilines is 1. The lowest BCUT2D eigenvalue weighted by Gasteiger charge is -2.19. The van der Waals surface area contributed by atoms with Crippen molar-refractivity contribution in [3.05, 3.63) is 71.1 Å². The van der Waals surface area contributed by atoms with Crippen LogP contribution in [0.5, 0.6) is 0 Å². The molecule has 0 N–H and O–H groups in total. The van der Waals surface area contributed by atoms with Crippen LogP contribution in [-0.2, 0) is 13.0 Å². The van der Waals surface area contributed by atoms with Gasteiger partial charge in [0.1, 0.15) is 0 Å². The van der Waals surface area contributed by atoms with Gasteiger partial charge < -0.3 is 4.90 Å². The fourth-order valence-electron chi connectivity index (χ4n) is 3.18. The van der Waals surface area contributed by atoms with E-state index < -0.39 is 0 Å². The summed E-state index contributed by atoms with van der Waals surface area (Å²) >= 11 is 1.80. The minimum absolute atomic E-state index is 0.940.